The molecule has 2 rings (SSSR count). The molecule has 29 heavy (non-hydrogen) atoms. The molecule has 0 aliphatic heterocycles. The molecule has 0 aliphatic rings. The van der Waals surface area contributed by atoms with Crippen molar-refractivity contribution in [3.05, 3.63) is 70.8 Å². The maximum Gasteiger partial charge on any atom is 0.416 e. The second-order valence-corrected chi connectivity index (χ2v) is 6.71. The molecular formula is C22H21F3O4. The van der Waals surface area contributed by atoms with Crippen molar-refractivity contribution in [2.24, 2.45) is 0 Å². The zero-order valence-corrected chi connectivity index (χ0v) is 15.9. The smallest absolute Gasteiger partial charge is 0.416 e. The number of ether oxygens (including phenoxy) is 1. The molecule has 2 N–H and O–H groups in total. The van der Waals surface area contributed by atoms with Crippen LogP contribution in [0.25, 0.3) is 0 Å². The SMILES string of the molecule is CC(C)OC(Cc1cccc(C#CC(O)c2ccc(C(F)(F)F)cc2)c1)C(=O)O. The molecule has 0 fully saturated rings. The lowest BCUT2D eigenvalue weighted by atomic mass is 10.0. The molecule has 0 saturated heterocycles. The predicted molar refractivity (Wildman–Crippen MR) is 101 cm³/mol. The van der Waals surface area contributed by atoms with E-state index in [1.54, 1.807) is 38.1 Å². The molecule has 2 atom stereocenters. The Hall–Kier alpha value is -2.82. The molecule has 0 heterocycles. The summed E-state index contributed by atoms with van der Waals surface area (Å²) in [4.78, 5) is 11.3. The van der Waals surface area contributed by atoms with Gasteiger partial charge in [-0.05, 0) is 49.2 Å². The summed E-state index contributed by atoms with van der Waals surface area (Å²) in [5.41, 5.74) is 0.694. The lowest BCUT2D eigenvalue weighted by Crippen LogP contribution is -2.29. The summed E-state index contributed by atoms with van der Waals surface area (Å²) in [7, 11) is 0. The van der Waals surface area contributed by atoms with Crippen molar-refractivity contribution in [2.75, 3.05) is 0 Å². The van der Waals surface area contributed by atoms with Crippen LogP contribution in [0.3, 0.4) is 0 Å². The molecule has 2 unspecified atom stereocenters. The fraction of sp³-hybridized carbons (Fsp3) is 0.318. The van der Waals surface area contributed by atoms with E-state index in [0.717, 1.165) is 12.1 Å². The molecule has 0 amide bonds. The van der Waals surface area contributed by atoms with Crippen LogP contribution in [0, 0.1) is 11.8 Å². The van der Waals surface area contributed by atoms with Crippen molar-refractivity contribution >= 4 is 5.97 Å². The van der Waals surface area contributed by atoms with E-state index in [1.165, 1.54) is 12.1 Å². The van der Waals surface area contributed by atoms with E-state index in [1.807, 2.05) is 0 Å². The van der Waals surface area contributed by atoms with Gasteiger partial charge in [0.15, 0.2) is 6.10 Å². The van der Waals surface area contributed by atoms with Crippen molar-refractivity contribution in [3.8, 4) is 11.8 Å². The monoisotopic (exact) mass is 406 g/mol. The normalized spacial score (nSPS) is 13.5. The highest BCUT2D eigenvalue weighted by molar-refractivity contribution is 5.72. The first-order chi connectivity index (χ1) is 13.6. The fourth-order valence-electron chi connectivity index (χ4n) is 2.60. The minimum atomic E-state index is -4.44. The van der Waals surface area contributed by atoms with E-state index in [4.69, 9.17) is 4.74 Å². The van der Waals surface area contributed by atoms with Crippen LogP contribution in [-0.4, -0.2) is 28.4 Å². The molecule has 0 radical (unpaired) electrons. The summed E-state index contributed by atoms with van der Waals surface area (Å²) < 4.78 is 43.2. The molecule has 2 aromatic rings. The average Bonchev–Trinajstić information content (AvgIpc) is 2.65. The Bertz CT molecular complexity index is 893. The largest absolute Gasteiger partial charge is 0.479 e. The van der Waals surface area contributed by atoms with Gasteiger partial charge < -0.3 is 14.9 Å². The van der Waals surface area contributed by atoms with Crippen LogP contribution in [0.4, 0.5) is 13.2 Å². The van der Waals surface area contributed by atoms with Crippen molar-refractivity contribution in [1.29, 1.82) is 0 Å². The third kappa shape index (κ3) is 6.93. The number of benzene rings is 2. The van der Waals surface area contributed by atoms with Crippen LogP contribution >= 0.6 is 0 Å². The summed E-state index contributed by atoms with van der Waals surface area (Å²) in [6, 6.07) is 11.0. The highest BCUT2D eigenvalue weighted by Crippen LogP contribution is 2.29. The Labute approximate surface area is 166 Å². The second kappa shape index (κ2) is 9.59. The van der Waals surface area contributed by atoms with Crippen molar-refractivity contribution in [2.45, 2.75) is 44.8 Å². The Kier molecular flexibility index (Phi) is 7.43. The first kappa shape index (κ1) is 22.5. The molecule has 0 aliphatic carbocycles. The topological polar surface area (TPSA) is 66.8 Å². The van der Waals surface area contributed by atoms with Gasteiger partial charge in [0.05, 0.1) is 11.7 Å². The molecule has 7 heteroatoms. The van der Waals surface area contributed by atoms with E-state index < -0.39 is 29.9 Å². The third-order valence-corrected chi connectivity index (χ3v) is 3.97. The molecule has 2 aromatic carbocycles. The molecule has 0 aromatic heterocycles. The number of carboxylic acid groups (broad SMARTS) is 1. The summed E-state index contributed by atoms with van der Waals surface area (Å²) in [6.45, 7) is 3.50. The highest BCUT2D eigenvalue weighted by atomic mass is 19.4. The van der Waals surface area contributed by atoms with Gasteiger partial charge in [0.25, 0.3) is 0 Å². The zero-order chi connectivity index (χ0) is 21.6. The summed E-state index contributed by atoms with van der Waals surface area (Å²) >= 11 is 0. The van der Waals surface area contributed by atoms with Crippen LogP contribution < -0.4 is 0 Å². The minimum Gasteiger partial charge on any atom is -0.479 e. The van der Waals surface area contributed by atoms with Crippen LogP contribution in [-0.2, 0) is 22.1 Å². The maximum atomic E-state index is 12.6. The number of aliphatic hydroxyl groups is 1. The number of rotatable bonds is 6. The molecule has 0 bridgehead atoms. The molecule has 0 spiro atoms. The number of alkyl halides is 3. The standard InChI is InChI=1S/C22H21F3O4/c1-14(2)29-20(21(27)28)13-16-5-3-4-15(12-16)6-11-19(26)17-7-9-18(10-8-17)22(23,24)25/h3-5,7-10,12,14,19-20,26H,13H2,1-2H3,(H,27,28). The molecule has 154 valence electrons. The van der Waals surface area contributed by atoms with E-state index in [0.29, 0.717) is 11.1 Å². The Morgan fingerprint density at radius 1 is 1.14 bits per heavy atom. The summed E-state index contributed by atoms with van der Waals surface area (Å²) in [6.07, 6.45) is -6.77. The first-order valence-electron chi connectivity index (χ1n) is 8.90. The maximum absolute atomic E-state index is 12.6. The van der Waals surface area contributed by atoms with Gasteiger partial charge in [-0.3, -0.25) is 0 Å². The molecular weight excluding hydrogens is 385 g/mol. The average molecular weight is 406 g/mol. The lowest BCUT2D eigenvalue weighted by Gasteiger charge is -2.16. The van der Waals surface area contributed by atoms with Gasteiger partial charge in [-0.2, -0.15) is 13.2 Å². The van der Waals surface area contributed by atoms with Crippen LogP contribution in [0.15, 0.2) is 48.5 Å². The number of hydrogen-bond donors (Lipinski definition) is 2. The van der Waals surface area contributed by atoms with Gasteiger partial charge in [0.1, 0.15) is 6.10 Å². The quantitative estimate of drug-likeness (QED) is 0.706. The van der Waals surface area contributed by atoms with Gasteiger partial charge in [-0.15, -0.1) is 0 Å². The van der Waals surface area contributed by atoms with Gasteiger partial charge >= 0.3 is 12.1 Å². The van der Waals surface area contributed by atoms with Gasteiger partial charge in [0.2, 0.25) is 0 Å². The van der Waals surface area contributed by atoms with Gasteiger partial charge in [-0.1, -0.05) is 36.1 Å². The first-order valence-corrected chi connectivity index (χ1v) is 8.90. The van der Waals surface area contributed by atoms with Crippen molar-refractivity contribution < 1.29 is 32.9 Å². The predicted octanol–water partition coefficient (Wildman–Crippen LogP) is 4.21. The number of carboxylic acids is 1. The van der Waals surface area contributed by atoms with E-state index in [2.05, 4.69) is 11.8 Å². The Morgan fingerprint density at radius 3 is 2.34 bits per heavy atom. The third-order valence-electron chi connectivity index (χ3n) is 3.97. The minimum absolute atomic E-state index is 0.157. The number of carbonyl (C=O) groups is 1. The Morgan fingerprint density at radius 2 is 1.79 bits per heavy atom. The number of halogens is 3. The van der Waals surface area contributed by atoms with Crippen LogP contribution in [0.2, 0.25) is 0 Å². The Balaban J connectivity index is 2.12. The number of aliphatic carboxylic acids is 1. The van der Waals surface area contributed by atoms with E-state index in [-0.39, 0.29) is 18.1 Å². The molecule has 0 saturated carbocycles. The van der Waals surface area contributed by atoms with Gasteiger partial charge in [-0.25, -0.2) is 4.79 Å². The van der Waals surface area contributed by atoms with Crippen LogP contribution in [0.1, 0.15) is 42.2 Å². The second-order valence-electron chi connectivity index (χ2n) is 6.71. The van der Waals surface area contributed by atoms with E-state index >= 15 is 0 Å². The zero-order valence-electron chi connectivity index (χ0n) is 15.9. The number of hydrogen-bond acceptors (Lipinski definition) is 3. The molecule has 4 nitrogen and oxygen atoms in total. The summed E-state index contributed by atoms with van der Waals surface area (Å²) in [5, 5.41) is 19.4. The van der Waals surface area contributed by atoms with Crippen LogP contribution in [0.5, 0.6) is 0 Å². The lowest BCUT2D eigenvalue weighted by molar-refractivity contribution is -0.153. The fourth-order valence-corrected chi connectivity index (χ4v) is 2.60. The van der Waals surface area contributed by atoms with Crippen molar-refractivity contribution in [1.82, 2.24) is 0 Å². The summed E-state index contributed by atoms with van der Waals surface area (Å²) in [5.74, 6) is 4.28. The van der Waals surface area contributed by atoms with Gasteiger partial charge in [0, 0.05) is 12.0 Å². The number of aliphatic hydroxyl groups excluding tert-OH is 1. The van der Waals surface area contributed by atoms with Crippen molar-refractivity contribution in [3.63, 3.8) is 0 Å². The van der Waals surface area contributed by atoms with E-state index in [9.17, 15) is 28.2 Å². The highest BCUT2D eigenvalue weighted by Gasteiger charge is 2.30.